The molecule has 1 aromatic carbocycles. The Kier molecular flexibility index (Phi) is 5.39. The van der Waals surface area contributed by atoms with Gasteiger partial charge in [0.05, 0.1) is 12.1 Å². The van der Waals surface area contributed by atoms with E-state index < -0.39 is 5.97 Å². The van der Waals surface area contributed by atoms with Crippen LogP contribution in [0.5, 0.6) is 0 Å². The summed E-state index contributed by atoms with van der Waals surface area (Å²) in [4.78, 5) is 27.8. The number of carboxylic acid groups (broad SMARTS) is 1. The quantitative estimate of drug-likeness (QED) is 0.844. The number of carbonyl (C=O) groups is 2. The Morgan fingerprint density at radius 1 is 1.23 bits per heavy atom. The van der Waals surface area contributed by atoms with Gasteiger partial charge in [0.15, 0.2) is 0 Å². The third-order valence-corrected chi connectivity index (χ3v) is 4.69. The Morgan fingerprint density at radius 3 is 2.73 bits per heavy atom. The zero-order valence-corrected chi connectivity index (χ0v) is 14.9. The zero-order chi connectivity index (χ0) is 18.7. The summed E-state index contributed by atoms with van der Waals surface area (Å²) < 4.78 is 5.90. The van der Waals surface area contributed by atoms with E-state index in [2.05, 4.69) is 15.1 Å². The van der Waals surface area contributed by atoms with Crippen LogP contribution < -0.4 is 5.32 Å². The van der Waals surface area contributed by atoms with Crippen LogP contribution in [0.15, 0.2) is 40.8 Å². The molecule has 1 aliphatic rings. The minimum atomic E-state index is -0.989. The lowest BCUT2D eigenvalue weighted by Gasteiger charge is -2.38. The van der Waals surface area contributed by atoms with E-state index in [1.54, 1.807) is 37.4 Å². The fourth-order valence-corrected chi connectivity index (χ4v) is 3.25. The predicted octanol–water partition coefficient (Wildman–Crippen LogP) is 1.51. The van der Waals surface area contributed by atoms with E-state index in [-0.39, 0.29) is 17.5 Å². The van der Waals surface area contributed by atoms with Crippen molar-refractivity contribution in [2.45, 2.75) is 12.6 Å². The second-order valence-electron chi connectivity index (χ2n) is 6.48. The summed E-state index contributed by atoms with van der Waals surface area (Å²) in [5.74, 6) is 0.221. The van der Waals surface area contributed by atoms with Crippen LogP contribution in [0.4, 0.5) is 0 Å². The van der Waals surface area contributed by atoms with E-state index in [4.69, 9.17) is 4.42 Å². The highest BCUT2D eigenvalue weighted by molar-refractivity contribution is 5.95. The van der Waals surface area contributed by atoms with Crippen LogP contribution in [0.25, 0.3) is 11.3 Å². The smallest absolute Gasteiger partial charge is 0.336 e. The first-order valence-electron chi connectivity index (χ1n) is 8.55. The van der Waals surface area contributed by atoms with Crippen LogP contribution in [0.3, 0.4) is 0 Å². The van der Waals surface area contributed by atoms with Gasteiger partial charge >= 0.3 is 5.97 Å². The molecule has 1 atom stereocenters. The van der Waals surface area contributed by atoms with Crippen LogP contribution >= 0.6 is 0 Å². The molecule has 0 saturated carbocycles. The third kappa shape index (κ3) is 3.79. The first-order chi connectivity index (χ1) is 12.5. The van der Waals surface area contributed by atoms with E-state index in [9.17, 15) is 14.7 Å². The van der Waals surface area contributed by atoms with Crippen LogP contribution in [-0.2, 0) is 11.3 Å². The molecule has 0 aliphatic carbocycles. The second-order valence-corrected chi connectivity index (χ2v) is 6.48. The van der Waals surface area contributed by atoms with Crippen LogP contribution in [0, 0.1) is 0 Å². The number of carbonyl (C=O) groups excluding carboxylic acids is 1. The first-order valence-corrected chi connectivity index (χ1v) is 8.55. The number of nitrogens with one attached hydrogen (secondary N) is 1. The minimum Gasteiger partial charge on any atom is -0.478 e. The minimum absolute atomic E-state index is 0.0143. The van der Waals surface area contributed by atoms with Gasteiger partial charge in [-0.2, -0.15) is 0 Å². The van der Waals surface area contributed by atoms with Gasteiger partial charge in [-0.15, -0.1) is 0 Å². The lowest BCUT2D eigenvalue weighted by Crippen LogP contribution is -2.57. The van der Waals surface area contributed by atoms with Gasteiger partial charge in [0.25, 0.3) is 0 Å². The molecule has 2 heterocycles. The zero-order valence-electron chi connectivity index (χ0n) is 14.9. The highest BCUT2D eigenvalue weighted by atomic mass is 16.4. The normalized spacial score (nSPS) is 18.6. The van der Waals surface area contributed by atoms with Gasteiger partial charge in [-0.05, 0) is 25.2 Å². The average molecular weight is 357 g/mol. The fourth-order valence-electron chi connectivity index (χ4n) is 3.25. The summed E-state index contributed by atoms with van der Waals surface area (Å²) in [7, 11) is 3.64. The predicted molar refractivity (Wildman–Crippen MR) is 96.9 cm³/mol. The third-order valence-electron chi connectivity index (χ3n) is 4.69. The van der Waals surface area contributed by atoms with Crippen molar-refractivity contribution in [1.29, 1.82) is 0 Å². The van der Waals surface area contributed by atoms with Crippen molar-refractivity contribution < 1.29 is 19.1 Å². The molecule has 1 aliphatic heterocycles. The molecule has 0 spiro atoms. The molecule has 2 aromatic rings. The monoisotopic (exact) mass is 357 g/mol. The summed E-state index contributed by atoms with van der Waals surface area (Å²) >= 11 is 0. The molecule has 0 radical (unpaired) electrons. The topological polar surface area (TPSA) is 86.0 Å². The maximum absolute atomic E-state index is 12.2. The van der Waals surface area contributed by atoms with Crippen LogP contribution in [-0.4, -0.2) is 66.6 Å². The molecule has 1 amide bonds. The molecule has 3 rings (SSSR count). The summed E-state index contributed by atoms with van der Waals surface area (Å²) in [6.07, 6.45) is 0. The molecular formula is C19H23N3O4. The fraction of sp³-hybridized carbons (Fsp3) is 0.368. The van der Waals surface area contributed by atoms with Crippen LogP contribution in [0.1, 0.15) is 16.1 Å². The van der Waals surface area contributed by atoms with Crippen molar-refractivity contribution in [2.24, 2.45) is 0 Å². The number of nitrogens with zero attached hydrogens (tertiary/aromatic N) is 2. The van der Waals surface area contributed by atoms with E-state index in [0.29, 0.717) is 30.2 Å². The molecule has 1 saturated heterocycles. The molecule has 7 nitrogen and oxygen atoms in total. The molecule has 0 bridgehead atoms. The molecule has 7 heteroatoms. The second kappa shape index (κ2) is 7.72. The van der Waals surface area contributed by atoms with Gasteiger partial charge < -0.3 is 19.7 Å². The number of carboxylic acids is 1. The summed E-state index contributed by atoms with van der Waals surface area (Å²) in [5, 5.41) is 12.1. The van der Waals surface area contributed by atoms with E-state index in [1.807, 2.05) is 13.1 Å². The number of rotatable bonds is 5. The molecule has 26 heavy (non-hydrogen) atoms. The van der Waals surface area contributed by atoms with Gasteiger partial charge in [-0.1, -0.05) is 18.2 Å². The number of likely N-dealkylation sites (N-methyl/N-ethyl adjacent to an activating group) is 2. The standard InChI is InChI=1S/C19H23N3O4/c1-20-18(23)16-12-21(2)9-10-22(16)11-13-7-8-17(26-13)14-5-3-4-6-15(14)19(24)25/h3-8,16H,9-12H2,1-2H3,(H,20,23)(H,24,25)/t16-/m0/s1. The number of furan rings is 1. The van der Waals surface area contributed by atoms with E-state index in [0.717, 1.165) is 13.1 Å². The number of aromatic carboxylic acids is 1. The first kappa shape index (κ1) is 18.2. The number of hydrogen-bond donors (Lipinski definition) is 2. The highest BCUT2D eigenvalue weighted by Crippen LogP contribution is 2.27. The van der Waals surface area contributed by atoms with Gasteiger partial charge in [0.2, 0.25) is 5.91 Å². The Balaban J connectivity index is 1.80. The van der Waals surface area contributed by atoms with Gasteiger partial charge in [-0.3, -0.25) is 9.69 Å². The Labute approximate surface area is 152 Å². The largest absolute Gasteiger partial charge is 0.478 e. The summed E-state index contributed by atoms with van der Waals surface area (Å²) in [6.45, 7) is 2.80. The van der Waals surface area contributed by atoms with E-state index in [1.165, 1.54) is 0 Å². The number of hydrogen-bond acceptors (Lipinski definition) is 5. The molecule has 1 fully saturated rings. The Bertz CT molecular complexity index is 802. The van der Waals surface area contributed by atoms with Crippen molar-refractivity contribution >= 4 is 11.9 Å². The van der Waals surface area contributed by atoms with Crippen molar-refractivity contribution in [3.8, 4) is 11.3 Å². The summed E-state index contributed by atoms with van der Waals surface area (Å²) in [5.41, 5.74) is 0.753. The van der Waals surface area contributed by atoms with Crippen molar-refractivity contribution in [2.75, 3.05) is 33.7 Å². The van der Waals surface area contributed by atoms with Crippen molar-refractivity contribution in [3.63, 3.8) is 0 Å². The molecule has 0 unspecified atom stereocenters. The Hall–Kier alpha value is -2.64. The highest BCUT2D eigenvalue weighted by Gasteiger charge is 2.31. The maximum atomic E-state index is 12.2. The summed E-state index contributed by atoms with van der Waals surface area (Å²) in [6, 6.07) is 10.1. The average Bonchev–Trinajstić information content (AvgIpc) is 3.11. The molecule has 138 valence electrons. The number of benzene rings is 1. The van der Waals surface area contributed by atoms with Crippen molar-refractivity contribution in [1.82, 2.24) is 15.1 Å². The van der Waals surface area contributed by atoms with Gasteiger partial charge in [-0.25, -0.2) is 4.79 Å². The lowest BCUT2D eigenvalue weighted by molar-refractivity contribution is -0.128. The van der Waals surface area contributed by atoms with Crippen molar-refractivity contribution in [3.05, 3.63) is 47.7 Å². The SMILES string of the molecule is CNC(=O)[C@@H]1CN(C)CCN1Cc1ccc(-c2ccccc2C(=O)O)o1. The molecular weight excluding hydrogens is 334 g/mol. The van der Waals surface area contributed by atoms with Gasteiger partial charge in [0.1, 0.15) is 17.6 Å². The maximum Gasteiger partial charge on any atom is 0.336 e. The number of amides is 1. The van der Waals surface area contributed by atoms with E-state index >= 15 is 0 Å². The van der Waals surface area contributed by atoms with Gasteiger partial charge in [0, 0.05) is 32.2 Å². The molecule has 1 aromatic heterocycles. The Morgan fingerprint density at radius 2 is 2.00 bits per heavy atom. The molecule has 2 N–H and O–H groups in total. The lowest BCUT2D eigenvalue weighted by atomic mass is 10.1. The van der Waals surface area contributed by atoms with Crippen LogP contribution in [0.2, 0.25) is 0 Å². The number of piperazine rings is 1.